The number of rotatable bonds is 2. The van der Waals surface area contributed by atoms with Crippen LogP contribution in [-0.4, -0.2) is 40.3 Å². The topological polar surface area (TPSA) is 45.5 Å². The Morgan fingerprint density at radius 2 is 2.05 bits per heavy atom. The largest absolute Gasteiger partial charge is 0.355 e. The molecule has 2 saturated heterocycles. The molecule has 0 radical (unpaired) electrons. The van der Waals surface area contributed by atoms with Crippen LogP contribution in [-0.2, 0) is 0 Å². The van der Waals surface area contributed by atoms with Crippen molar-refractivity contribution in [2.75, 3.05) is 24.5 Å². The number of nitrogens with one attached hydrogen (secondary N) is 1. The van der Waals surface area contributed by atoms with Gasteiger partial charge in [0.25, 0.3) is 0 Å². The first kappa shape index (κ1) is 12.1. The number of fused-ring (bicyclic) bond motifs is 1. The minimum atomic E-state index is 0.760. The summed E-state index contributed by atoms with van der Waals surface area (Å²) in [6.07, 6.45) is 10.9. The van der Waals surface area contributed by atoms with Crippen LogP contribution in [0.1, 0.15) is 25.7 Å². The van der Waals surface area contributed by atoms with Crippen molar-refractivity contribution in [1.82, 2.24) is 19.9 Å². The molecule has 20 heavy (non-hydrogen) atoms. The Labute approximate surface area is 119 Å². The quantitative estimate of drug-likeness (QED) is 0.903. The first-order valence-electron chi connectivity index (χ1n) is 7.68. The monoisotopic (exact) mass is 271 g/mol. The number of hydrogen-bond acceptors (Lipinski definition) is 4. The fourth-order valence-electron chi connectivity index (χ4n) is 3.71. The van der Waals surface area contributed by atoms with Crippen molar-refractivity contribution >= 4 is 11.3 Å². The van der Waals surface area contributed by atoms with E-state index in [0.29, 0.717) is 0 Å². The summed E-state index contributed by atoms with van der Waals surface area (Å²) in [6.45, 7) is 3.43. The van der Waals surface area contributed by atoms with Gasteiger partial charge in [-0.25, -0.2) is 9.50 Å². The van der Waals surface area contributed by atoms with Gasteiger partial charge >= 0.3 is 0 Å². The zero-order valence-corrected chi connectivity index (χ0v) is 11.7. The van der Waals surface area contributed by atoms with Crippen molar-refractivity contribution < 1.29 is 0 Å². The molecule has 0 aliphatic carbocycles. The second-order valence-electron chi connectivity index (χ2n) is 5.94. The van der Waals surface area contributed by atoms with E-state index in [-0.39, 0.29) is 0 Å². The molecule has 0 saturated carbocycles. The molecule has 2 aliphatic rings. The minimum absolute atomic E-state index is 0.760. The summed E-state index contributed by atoms with van der Waals surface area (Å²) in [7, 11) is 0. The Bertz CT molecular complexity index is 579. The second kappa shape index (κ2) is 5.05. The summed E-state index contributed by atoms with van der Waals surface area (Å²) >= 11 is 0. The molecular weight excluding hydrogens is 250 g/mol. The number of piperidine rings is 1. The maximum absolute atomic E-state index is 4.57. The molecule has 106 valence electrons. The third-order valence-electron chi connectivity index (χ3n) is 4.81. The van der Waals surface area contributed by atoms with Gasteiger partial charge in [0.15, 0.2) is 5.82 Å². The van der Waals surface area contributed by atoms with Crippen molar-refractivity contribution in [1.29, 1.82) is 0 Å². The van der Waals surface area contributed by atoms with Gasteiger partial charge in [-0.2, -0.15) is 5.10 Å². The average Bonchev–Trinajstić information content (AvgIpc) is 3.18. The summed E-state index contributed by atoms with van der Waals surface area (Å²) in [6, 6.07) is 2.81. The highest BCUT2D eigenvalue weighted by atomic mass is 15.3. The average molecular weight is 271 g/mol. The molecule has 1 unspecified atom stereocenters. The van der Waals surface area contributed by atoms with Crippen molar-refractivity contribution in [2.24, 2.45) is 5.92 Å². The van der Waals surface area contributed by atoms with Crippen LogP contribution >= 0.6 is 0 Å². The molecule has 2 aromatic rings. The van der Waals surface area contributed by atoms with E-state index in [1.165, 1.54) is 32.2 Å². The lowest BCUT2D eigenvalue weighted by molar-refractivity contribution is 0.318. The van der Waals surface area contributed by atoms with Crippen LogP contribution in [0.5, 0.6) is 0 Å². The fourth-order valence-corrected chi connectivity index (χ4v) is 3.71. The predicted octanol–water partition coefficient (Wildman–Crippen LogP) is 1.70. The molecule has 1 atom stereocenters. The highest BCUT2D eigenvalue weighted by molar-refractivity contribution is 5.68. The van der Waals surface area contributed by atoms with Crippen molar-refractivity contribution in [2.45, 2.75) is 31.7 Å². The SMILES string of the molecule is c1cn2nccc2c(N2CCC(C3CCCN3)CC2)n1. The van der Waals surface area contributed by atoms with Gasteiger partial charge in [-0.15, -0.1) is 0 Å². The predicted molar refractivity (Wildman–Crippen MR) is 78.9 cm³/mol. The molecule has 4 rings (SSSR count). The third kappa shape index (κ3) is 2.06. The lowest BCUT2D eigenvalue weighted by Gasteiger charge is -2.35. The van der Waals surface area contributed by atoms with Crippen LogP contribution in [0, 0.1) is 5.92 Å². The molecule has 1 N–H and O–H groups in total. The van der Waals surface area contributed by atoms with Crippen LogP contribution in [0.25, 0.3) is 5.52 Å². The van der Waals surface area contributed by atoms with E-state index in [4.69, 9.17) is 0 Å². The lowest BCUT2D eigenvalue weighted by Crippen LogP contribution is -2.41. The van der Waals surface area contributed by atoms with Crippen molar-refractivity contribution in [3.63, 3.8) is 0 Å². The van der Waals surface area contributed by atoms with E-state index >= 15 is 0 Å². The number of nitrogens with zero attached hydrogens (tertiary/aromatic N) is 4. The number of hydrogen-bond donors (Lipinski definition) is 1. The zero-order valence-electron chi connectivity index (χ0n) is 11.7. The summed E-state index contributed by atoms with van der Waals surface area (Å²) in [5.41, 5.74) is 1.12. The Hall–Kier alpha value is -1.62. The molecule has 0 amide bonds. The Kier molecular flexibility index (Phi) is 3.07. The van der Waals surface area contributed by atoms with Crippen molar-refractivity contribution in [3.8, 4) is 0 Å². The maximum Gasteiger partial charge on any atom is 0.154 e. The smallest absolute Gasteiger partial charge is 0.154 e. The van der Waals surface area contributed by atoms with E-state index in [0.717, 1.165) is 36.4 Å². The van der Waals surface area contributed by atoms with Gasteiger partial charge in [0.2, 0.25) is 0 Å². The second-order valence-corrected chi connectivity index (χ2v) is 5.94. The maximum atomic E-state index is 4.57. The molecule has 5 nitrogen and oxygen atoms in total. The van der Waals surface area contributed by atoms with E-state index in [2.05, 4.69) is 20.3 Å². The third-order valence-corrected chi connectivity index (χ3v) is 4.81. The lowest BCUT2D eigenvalue weighted by atomic mass is 9.88. The minimum Gasteiger partial charge on any atom is -0.355 e. The molecule has 4 heterocycles. The Morgan fingerprint density at radius 3 is 2.85 bits per heavy atom. The van der Waals surface area contributed by atoms with E-state index in [1.54, 1.807) is 0 Å². The molecule has 0 spiro atoms. The molecule has 2 aromatic heterocycles. The van der Waals surface area contributed by atoms with Crippen LogP contribution in [0.15, 0.2) is 24.7 Å². The Morgan fingerprint density at radius 1 is 1.15 bits per heavy atom. The van der Waals surface area contributed by atoms with Crippen LogP contribution < -0.4 is 10.2 Å². The molecule has 2 aliphatic heterocycles. The molecule has 5 heteroatoms. The van der Waals surface area contributed by atoms with Crippen LogP contribution in [0.2, 0.25) is 0 Å². The van der Waals surface area contributed by atoms with Gasteiger partial charge in [0.05, 0.1) is 6.20 Å². The normalized spacial score (nSPS) is 24.6. The van der Waals surface area contributed by atoms with E-state index in [1.807, 2.05) is 29.2 Å². The zero-order chi connectivity index (χ0) is 13.4. The molecule has 0 bridgehead atoms. The van der Waals surface area contributed by atoms with Gasteiger partial charge in [0.1, 0.15) is 5.52 Å². The summed E-state index contributed by atoms with van der Waals surface area (Å²) in [5, 5.41) is 7.95. The van der Waals surface area contributed by atoms with Gasteiger partial charge in [-0.3, -0.25) is 0 Å². The fraction of sp³-hybridized carbons (Fsp3) is 0.600. The molecule has 0 aromatic carbocycles. The summed E-state index contributed by atoms with van der Waals surface area (Å²) in [5.74, 6) is 1.93. The van der Waals surface area contributed by atoms with Gasteiger partial charge in [-0.05, 0) is 44.2 Å². The van der Waals surface area contributed by atoms with Crippen molar-refractivity contribution in [3.05, 3.63) is 24.7 Å². The van der Waals surface area contributed by atoms with Gasteiger partial charge < -0.3 is 10.2 Å². The molecule has 2 fully saturated rings. The summed E-state index contributed by atoms with van der Waals surface area (Å²) in [4.78, 5) is 6.99. The van der Waals surface area contributed by atoms with Gasteiger partial charge in [-0.1, -0.05) is 0 Å². The highest BCUT2D eigenvalue weighted by Crippen LogP contribution is 2.29. The molecular formula is C15H21N5. The first-order chi connectivity index (χ1) is 9.92. The van der Waals surface area contributed by atoms with Crippen LogP contribution in [0.3, 0.4) is 0 Å². The van der Waals surface area contributed by atoms with E-state index in [9.17, 15) is 0 Å². The highest BCUT2D eigenvalue weighted by Gasteiger charge is 2.29. The van der Waals surface area contributed by atoms with Gasteiger partial charge in [0, 0.05) is 31.5 Å². The van der Waals surface area contributed by atoms with Crippen LogP contribution in [0.4, 0.5) is 5.82 Å². The Balaban J connectivity index is 1.50. The number of anilines is 1. The standard InChI is InChI=1S/C15H21N5/c1-2-13(16-6-1)12-4-9-19(10-5-12)15-14-3-7-18-20(14)11-8-17-15/h3,7-8,11-13,16H,1-2,4-6,9-10H2. The number of aromatic nitrogens is 3. The van der Waals surface area contributed by atoms with E-state index < -0.39 is 0 Å². The summed E-state index contributed by atoms with van der Waals surface area (Å²) < 4.78 is 1.91. The first-order valence-corrected chi connectivity index (χ1v) is 7.68.